The van der Waals surface area contributed by atoms with Crippen LogP contribution in [0.2, 0.25) is 0 Å². The van der Waals surface area contributed by atoms with Crippen LogP contribution in [0.1, 0.15) is 32.0 Å². The molecule has 0 saturated heterocycles. The summed E-state index contributed by atoms with van der Waals surface area (Å²) in [6, 6.07) is 6.24. The van der Waals surface area contributed by atoms with E-state index in [1.807, 2.05) is 0 Å². The second kappa shape index (κ2) is 5.25. The summed E-state index contributed by atoms with van der Waals surface area (Å²) >= 11 is 0. The molecule has 0 amide bonds. The van der Waals surface area contributed by atoms with Crippen molar-refractivity contribution in [1.29, 1.82) is 0 Å². The topological polar surface area (TPSA) is 53.1 Å². The van der Waals surface area contributed by atoms with Gasteiger partial charge in [0.05, 0.1) is 24.1 Å². The Morgan fingerprint density at radius 2 is 2.05 bits per heavy atom. The number of ether oxygens (including phenoxy) is 1. The summed E-state index contributed by atoms with van der Waals surface area (Å²) in [4.78, 5) is 0. The molecule has 2 aromatic rings. The molecule has 0 aliphatic carbocycles. The minimum absolute atomic E-state index is 0.166. The van der Waals surface area contributed by atoms with Crippen molar-refractivity contribution in [2.24, 2.45) is 5.73 Å². The van der Waals surface area contributed by atoms with Gasteiger partial charge in [-0.25, -0.2) is 9.07 Å². The summed E-state index contributed by atoms with van der Waals surface area (Å²) in [5.74, 6) is 0.245. The standard InChI is InChI=1S/C15H20FN3O/c1-15(2,3)13-12(9-17)14(20-4)19(18-13)11-7-5-6-10(16)8-11/h5-8H,9,17H2,1-4H3. The zero-order valence-corrected chi connectivity index (χ0v) is 12.3. The molecule has 0 aliphatic heterocycles. The van der Waals surface area contributed by atoms with Crippen LogP contribution in [0, 0.1) is 5.82 Å². The number of methoxy groups -OCH3 is 1. The predicted octanol–water partition coefficient (Wildman–Crippen LogP) is 2.78. The Balaban J connectivity index is 2.68. The van der Waals surface area contributed by atoms with Gasteiger partial charge in [0.15, 0.2) is 0 Å². The van der Waals surface area contributed by atoms with Gasteiger partial charge in [0.1, 0.15) is 5.82 Å². The van der Waals surface area contributed by atoms with Crippen molar-refractivity contribution < 1.29 is 9.13 Å². The summed E-state index contributed by atoms with van der Waals surface area (Å²) < 4.78 is 20.4. The Hall–Kier alpha value is -1.88. The van der Waals surface area contributed by atoms with E-state index in [-0.39, 0.29) is 11.2 Å². The molecule has 4 nitrogen and oxygen atoms in total. The molecular formula is C15H20FN3O. The second-order valence-electron chi connectivity index (χ2n) is 5.68. The highest BCUT2D eigenvalue weighted by Crippen LogP contribution is 2.33. The number of rotatable bonds is 3. The lowest BCUT2D eigenvalue weighted by atomic mass is 9.89. The van der Waals surface area contributed by atoms with Gasteiger partial charge in [0, 0.05) is 12.0 Å². The van der Waals surface area contributed by atoms with Crippen LogP contribution in [0.4, 0.5) is 4.39 Å². The Morgan fingerprint density at radius 1 is 1.35 bits per heavy atom. The molecule has 108 valence electrons. The van der Waals surface area contributed by atoms with Gasteiger partial charge in [0.2, 0.25) is 5.88 Å². The van der Waals surface area contributed by atoms with E-state index in [0.717, 1.165) is 11.3 Å². The molecule has 0 radical (unpaired) electrons. The number of aromatic nitrogens is 2. The third kappa shape index (κ3) is 2.54. The fourth-order valence-corrected chi connectivity index (χ4v) is 2.21. The van der Waals surface area contributed by atoms with Crippen molar-refractivity contribution >= 4 is 0 Å². The van der Waals surface area contributed by atoms with Gasteiger partial charge in [-0.2, -0.15) is 5.10 Å². The summed E-state index contributed by atoms with van der Waals surface area (Å²) in [6.07, 6.45) is 0. The number of hydrogen-bond acceptors (Lipinski definition) is 3. The zero-order valence-electron chi connectivity index (χ0n) is 12.3. The number of nitrogens with zero attached hydrogens (tertiary/aromatic N) is 2. The Labute approximate surface area is 118 Å². The van der Waals surface area contributed by atoms with Crippen molar-refractivity contribution in [2.45, 2.75) is 32.7 Å². The third-order valence-electron chi connectivity index (χ3n) is 3.10. The van der Waals surface area contributed by atoms with Crippen LogP contribution >= 0.6 is 0 Å². The predicted molar refractivity (Wildman–Crippen MR) is 76.7 cm³/mol. The fourth-order valence-electron chi connectivity index (χ4n) is 2.21. The van der Waals surface area contributed by atoms with E-state index in [0.29, 0.717) is 18.1 Å². The van der Waals surface area contributed by atoms with Crippen LogP contribution in [0.15, 0.2) is 24.3 Å². The number of nitrogens with two attached hydrogens (primary N) is 1. The highest BCUT2D eigenvalue weighted by molar-refractivity contribution is 5.43. The zero-order chi connectivity index (χ0) is 14.9. The van der Waals surface area contributed by atoms with Crippen molar-refractivity contribution in [3.63, 3.8) is 0 Å². The van der Waals surface area contributed by atoms with Crippen LogP contribution in [0.3, 0.4) is 0 Å². The third-order valence-corrected chi connectivity index (χ3v) is 3.10. The van der Waals surface area contributed by atoms with Gasteiger partial charge in [-0.1, -0.05) is 26.8 Å². The molecule has 2 N–H and O–H groups in total. The maximum Gasteiger partial charge on any atom is 0.221 e. The highest BCUT2D eigenvalue weighted by Gasteiger charge is 2.27. The molecule has 1 heterocycles. The SMILES string of the molecule is COc1c(CN)c(C(C)(C)C)nn1-c1cccc(F)c1. The Kier molecular flexibility index (Phi) is 3.81. The Bertz CT molecular complexity index is 614. The first-order chi connectivity index (χ1) is 9.38. The molecule has 20 heavy (non-hydrogen) atoms. The van der Waals surface area contributed by atoms with E-state index in [1.54, 1.807) is 23.9 Å². The average Bonchev–Trinajstić information content (AvgIpc) is 2.76. The van der Waals surface area contributed by atoms with E-state index >= 15 is 0 Å². The lowest BCUT2D eigenvalue weighted by molar-refractivity contribution is 0.379. The van der Waals surface area contributed by atoms with Crippen molar-refractivity contribution in [1.82, 2.24) is 9.78 Å². The first-order valence-electron chi connectivity index (χ1n) is 6.51. The molecule has 0 saturated carbocycles. The first kappa shape index (κ1) is 14.5. The van der Waals surface area contributed by atoms with E-state index in [2.05, 4.69) is 25.9 Å². The van der Waals surface area contributed by atoms with Gasteiger partial charge in [-0.15, -0.1) is 0 Å². The van der Waals surface area contributed by atoms with Crippen molar-refractivity contribution in [3.8, 4) is 11.6 Å². The molecular weight excluding hydrogens is 257 g/mol. The maximum atomic E-state index is 13.4. The van der Waals surface area contributed by atoms with Crippen LogP contribution in [0.25, 0.3) is 5.69 Å². The van der Waals surface area contributed by atoms with E-state index in [1.165, 1.54) is 12.1 Å². The van der Waals surface area contributed by atoms with E-state index in [9.17, 15) is 4.39 Å². The first-order valence-corrected chi connectivity index (χ1v) is 6.51. The minimum Gasteiger partial charge on any atom is -0.481 e. The molecule has 0 bridgehead atoms. The number of halogens is 1. The molecule has 5 heteroatoms. The Morgan fingerprint density at radius 3 is 2.55 bits per heavy atom. The molecule has 0 aliphatic rings. The number of hydrogen-bond donors (Lipinski definition) is 1. The molecule has 0 spiro atoms. The van der Waals surface area contributed by atoms with Crippen LogP contribution < -0.4 is 10.5 Å². The molecule has 0 atom stereocenters. The van der Waals surface area contributed by atoms with Gasteiger partial charge in [-0.05, 0) is 18.2 Å². The van der Waals surface area contributed by atoms with Crippen LogP contribution in [-0.4, -0.2) is 16.9 Å². The fraction of sp³-hybridized carbons (Fsp3) is 0.400. The minimum atomic E-state index is -0.313. The van der Waals surface area contributed by atoms with E-state index in [4.69, 9.17) is 10.5 Å². The van der Waals surface area contributed by atoms with Gasteiger partial charge < -0.3 is 10.5 Å². The normalized spacial score (nSPS) is 11.7. The van der Waals surface area contributed by atoms with Crippen molar-refractivity contribution in [3.05, 3.63) is 41.3 Å². The largest absolute Gasteiger partial charge is 0.481 e. The second-order valence-corrected chi connectivity index (χ2v) is 5.68. The molecule has 1 aromatic heterocycles. The van der Waals surface area contributed by atoms with Gasteiger partial charge in [0.25, 0.3) is 0 Å². The average molecular weight is 277 g/mol. The van der Waals surface area contributed by atoms with Crippen LogP contribution in [0.5, 0.6) is 5.88 Å². The van der Waals surface area contributed by atoms with Gasteiger partial charge in [-0.3, -0.25) is 0 Å². The van der Waals surface area contributed by atoms with Crippen molar-refractivity contribution in [2.75, 3.05) is 7.11 Å². The molecule has 1 aromatic carbocycles. The van der Waals surface area contributed by atoms with Crippen LogP contribution in [-0.2, 0) is 12.0 Å². The molecule has 0 fully saturated rings. The van der Waals surface area contributed by atoms with Gasteiger partial charge >= 0.3 is 0 Å². The number of benzene rings is 1. The maximum absolute atomic E-state index is 13.4. The van der Waals surface area contributed by atoms with E-state index < -0.39 is 0 Å². The smallest absolute Gasteiger partial charge is 0.221 e. The summed E-state index contributed by atoms with van der Waals surface area (Å²) in [7, 11) is 1.57. The highest BCUT2D eigenvalue weighted by atomic mass is 19.1. The molecule has 2 rings (SSSR count). The lowest BCUT2D eigenvalue weighted by Gasteiger charge is -2.16. The monoisotopic (exact) mass is 277 g/mol. The lowest BCUT2D eigenvalue weighted by Crippen LogP contribution is -2.16. The summed E-state index contributed by atoms with van der Waals surface area (Å²) in [5, 5.41) is 4.58. The molecule has 0 unspecified atom stereocenters. The summed E-state index contributed by atoms with van der Waals surface area (Å²) in [5.41, 5.74) is 8.00. The summed E-state index contributed by atoms with van der Waals surface area (Å²) in [6.45, 7) is 6.50. The quantitative estimate of drug-likeness (QED) is 0.938.